The highest BCUT2D eigenvalue weighted by molar-refractivity contribution is 7.99. The molecular weight excluding hydrogens is 336 g/mol. The van der Waals surface area contributed by atoms with Gasteiger partial charge in [-0.15, -0.1) is 0 Å². The van der Waals surface area contributed by atoms with E-state index in [0.29, 0.717) is 0 Å². The first-order valence-corrected chi connectivity index (χ1v) is 10.7. The molecule has 5 heteroatoms. The molecule has 0 spiro atoms. The van der Waals surface area contributed by atoms with E-state index in [2.05, 4.69) is 27.7 Å². The van der Waals surface area contributed by atoms with Gasteiger partial charge in [-0.1, -0.05) is 40.5 Å². The third kappa shape index (κ3) is 16.5. The molecule has 0 bridgehead atoms. The van der Waals surface area contributed by atoms with Gasteiger partial charge in [0, 0.05) is 12.8 Å². The normalized spacial score (nSPS) is 12.3. The Morgan fingerprint density at radius 2 is 1.04 bits per heavy atom. The molecule has 0 aromatic heterocycles. The van der Waals surface area contributed by atoms with E-state index in [-0.39, 0.29) is 23.7 Å². The molecule has 0 rings (SSSR count). The van der Waals surface area contributed by atoms with Gasteiger partial charge in [0.15, 0.2) is 0 Å². The van der Waals surface area contributed by atoms with Gasteiger partial charge in [-0.05, 0) is 60.9 Å². The molecule has 0 amide bonds. The van der Waals surface area contributed by atoms with E-state index in [4.69, 9.17) is 10.2 Å². The molecule has 2 N–H and O–H groups in total. The summed E-state index contributed by atoms with van der Waals surface area (Å²) in [6, 6.07) is 0. The van der Waals surface area contributed by atoms with Gasteiger partial charge < -0.3 is 10.2 Å². The highest BCUT2D eigenvalue weighted by atomic mass is 32.2. The highest BCUT2D eigenvalue weighted by Gasteiger charge is 2.19. The molecule has 0 aromatic carbocycles. The second-order valence-electron chi connectivity index (χ2n) is 8.64. The molecular formula is C20H38O4S. The van der Waals surface area contributed by atoms with Crippen molar-refractivity contribution >= 4 is 23.7 Å². The molecule has 0 atom stereocenters. The molecule has 0 aliphatic rings. The average molecular weight is 375 g/mol. The van der Waals surface area contributed by atoms with Crippen LogP contribution in [0.5, 0.6) is 0 Å². The lowest BCUT2D eigenvalue weighted by Gasteiger charge is -2.24. The lowest BCUT2D eigenvalue weighted by Crippen LogP contribution is -2.13. The van der Waals surface area contributed by atoms with Crippen molar-refractivity contribution < 1.29 is 19.8 Å². The molecule has 148 valence electrons. The number of hydrogen-bond acceptors (Lipinski definition) is 3. The van der Waals surface area contributed by atoms with E-state index in [1.807, 2.05) is 11.8 Å². The Morgan fingerprint density at radius 1 is 0.680 bits per heavy atom. The van der Waals surface area contributed by atoms with Crippen LogP contribution in [-0.4, -0.2) is 33.7 Å². The van der Waals surface area contributed by atoms with Crippen LogP contribution in [0.15, 0.2) is 0 Å². The monoisotopic (exact) mass is 374 g/mol. The smallest absolute Gasteiger partial charge is 0.303 e. The Hall–Kier alpha value is -0.710. The highest BCUT2D eigenvalue weighted by Crippen LogP contribution is 2.30. The van der Waals surface area contributed by atoms with Gasteiger partial charge >= 0.3 is 11.9 Å². The molecule has 0 radical (unpaired) electrons. The van der Waals surface area contributed by atoms with E-state index in [1.165, 1.54) is 37.2 Å². The van der Waals surface area contributed by atoms with Crippen molar-refractivity contribution in [3.05, 3.63) is 0 Å². The van der Waals surface area contributed by atoms with E-state index in [9.17, 15) is 9.59 Å². The Labute approximate surface area is 158 Å². The van der Waals surface area contributed by atoms with Crippen LogP contribution < -0.4 is 0 Å². The van der Waals surface area contributed by atoms with Crippen LogP contribution in [-0.2, 0) is 9.59 Å². The van der Waals surface area contributed by atoms with Crippen molar-refractivity contribution in [3.63, 3.8) is 0 Å². The van der Waals surface area contributed by atoms with E-state index in [1.54, 1.807) is 0 Å². The van der Waals surface area contributed by atoms with Gasteiger partial charge in [0.05, 0.1) is 0 Å². The predicted molar refractivity (Wildman–Crippen MR) is 106 cm³/mol. The first-order valence-electron chi connectivity index (χ1n) is 9.55. The Kier molecular flexibility index (Phi) is 12.3. The summed E-state index contributed by atoms with van der Waals surface area (Å²) in [5.41, 5.74) is 0.259. The Bertz CT molecular complexity index is 355. The average Bonchev–Trinajstić information content (AvgIpc) is 2.49. The number of carboxylic acids is 2. The van der Waals surface area contributed by atoms with Crippen LogP contribution in [0, 0.1) is 10.8 Å². The van der Waals surface area contributed by atoms with Crippen LogP contribution in [0.4, 0.5) is 0 Å². The summed E-state index contributed by atoms with van der Waals surface area (Å²) in [6.45, 7) is 8.65. The number of carbonyl (C=O) groups is 2. The van der Waals surface area contributed by atoms with Crippen LogP contribution in [0.2, 0.25) is 0 Å². The van der Waals surface area contributed by atoms with Gasteiger partial charge in [0.1, 0.15) is 0 Å². The number of carboxylic acid groups (broad SMARTS) is 2. The van der Waals surface area contributed by atoms with Gasteiger partial charge in [-0.2, -0.15) is 11.8 Å². The molecule has 0 saturated heterocycles. The van der Waals surface area contributed by atoms with Gasteiger partial charge in [0.2, 0.25) is 0 Å². The molecule has 25 heavy (non-hydrogen) atoms. The SMILES string of the molecule is CC(C)(CCCCSCCCCC(C)(C)CCC(=O)O)CCC(=O)O. The summed E-state index contributed by atoms with van der Waals surface area (Å²) < 4.78 is 0. The van der Waals surface area contributed by atoms with E-state index < -0.39 is 11.9 Å². The van der Waals surface area contributed by atoms with Gasteiger partial charge in [-0.25, -0.2) is 0 Å². The predicted octanol–water partition coefficient (Wildman–Crippen LogP) is 5.84. The standard InChI is InChI=1S/C20H38O4S/c1-19(2,13-9-17(21)22)11-5-7-15-25-16-8-6-12-20(3,4)14-10-18(23)24/h5-16H2,1-4H3,(H,21,22)(H,23,24). The molecule has 0 aliphatic carbocycles. The van der Waals surface area contributed by atoms with E-state index >= 15 is 0 Å². The number of aliphatic carboxylic acids is 2. The summed E-state index contributed by atoms with van der Waals surface area (Å²) in [5.74, 6) is 0.957. The van der Waals surface area contributed by atoms with Crippen molar-refractivity contribution in [2.24, 2.45) is 10.8 Å². The summed E-state index contributed by atoms with van der Waals surface area (Å²) in [6.07, 6.45) is 8.98. The van der Waals surface area contributed by atoms with Crippen LogP contribution in [0.1, 0.15) is 91.9 Å². The van der Waals surface area contributed by atoms with Crippen molar-refractivity contribution in [1.82, 2.24) is 0 Å². The Morgan fingerprint density at radius 3 is 1.36 bits per heavy atom. The first kappa shape index (κ1) is 24.3. The maximum atomic E-state index is 10.6. The minimum Gasteiger partial charge on any atom is -0.481 e. The third-order valence-corrected chi connectivity index (χ3v) is 5.97. The largest absolute Gasteiger partial charge is 0.481 e. The zero-order valence-electron chi connectivity index (χ0n) is 16.6. The van der Waals surface area contributed by atoms with Crippen molar-refractivity contribution in [3.8, 4) is 0 Å². The van der Waals surface area contributed by atoms with Crippen LogP contribution in [0.3, 0.4) is 0 Å². The lowest BCUT2D eigenvalue weighted by molar-refractivity contribution is -0.138. The number of rotatable bonds is 16. The maximum Gasteiger partial charge on any atom is 0.303 e. The van der Waals surface area contributed by atoms with Crippen LogP contribution >= 0.6 is 11.8 Å². The lowest BCUT2D eigenvalue weighted by atomic mass is 9.83. The fraction of sp³-hybridized carbons (Fsp3) is 0.900. The fourth-order valence-electron chi connectivity index (χ4n) is 2.86. The molecule has 0 heterocycles. The van der Waals surface area contributed by atoms with Crippen LogP contribution in [0.25, 0.3) is 0 Å². The molecule has 4 nitrogen and oxygen atoms in total. The van der Waals surface area contributed by atoms with E-state index in [0.717, 1.165) is 25.7 Å². The summed E-state index contributed by atoms with van der Waals surface area (Å²) >= 11 is 2.00. The second kappa shape index (κ2) is 12.6. The second-order valence-corrected chi connectivity index (χ2v) is 9.87. The summed E-state index contributed by atoms with van der Waals surface area (Å²) in [4.78, 5) is 21.3. The zero-order valence-corrected chi connectivity index (χ0v) is 17.4. The third-order valence-electron chi connectivity index (χ3n) is 4.82. The maximum absolute atomic E-state index is 10.6. The summed E-state index contributed by atoms with van der Waals surface area (Å²) in [5, 5.41) is 17.5. The Balaban J connectivity index is 3.55. The van der Waals surface area contributed by atoms with Crippen molar-refractivity contribution in [2.75, 3.05) is 11.5 Å². The minimum absolute atomic E-state index is 0.130. The molecule has 0 aromatic rings. The summed E-state index contributed by atoms with van der Waals surface area (Å²) in [7, 11) is 0. The number of hydrogen-bond donors (Lipinski definition) is 2. The van der Waals surface area contributed by atoms with Crippen molar-refractivity contribution in [2.45, 2.75) is 91.9 Å². The van der Waals surface area contributed by atoms with Gasteiger partial charge in [0.25, 0.3) is 0 Å². The topological polar surface area (TPSA) is 74.6 Å². The first-order chi connectivity index (χ1) is 11.5. The van der Waals surface area contributed by atoms with Gasteiger partial charge in [-0.3, -0.25) is 9.59 Å². The number of thioether (sulfide) groups is 1. The molecule has 0 unspecified atom stereocenters. The molecule has 0 fully saturated rings. The molecule has 0 aliphatic heterocycles. The molecule has 0 saturated carbocycles. The number of unbranched alkanes of at least 4 members (excludes halogenated alkanes) is 2. The fourth-order valence-corrected chi connectivity index (χ4v) is 3.88. The van der Waals surface area contributed by atoms with Crippen molar-refractivity contribution in [1.29, 1.82) is 0 Å². The zero-order chi connectivity index (χ0) is 19.3. The minimum atomic E-state index is -0.699. The quantitative estimate of drug-likeness (QED) is 0.332.